The van der Waals surface area contributed by atoms with Gasteiger partial charge in [0.05, 0.1) is 17.0 Å². The Morgan fingerprint density at radius 1 is 1.13 bits per heavy atom. The molecule has 0 saturated carbocycles. The fourth-order valence-corrected chi connectivity index (χ4v) is 5.00. The van der Waals surface area contributed by atoms with Crippen molar-refractivity contribution >= 4 is 44.9 Å². The molecule has 1 amide bonds. The van der Waals surface area contributed by atoms with Crippen LogP contribution in [0.15, 0.2) is 51.7 Å². The second kappa shape index (κ2) is 7.59. The van der Waals surface area contributed by atoms with E-state index in [1.807, 2.05) is 31.2 Å². The smallest absolute Gasteiger partial charge is 0.297 e. The molecular weight excluding hydrogens is 434 g/mol. The van der Waals surface area contributed by atoms with Gasteiger partial charge in [-0.15, -0.1) is 10.2 Å². The summed E-state index contributed by atoms with van der Waals surface area (Å²) in [5, 5.41) is 10.6. The van der Waals surface area contributed by atoms with Crippen LogP contribution in [-0.4, -0.2) is 16.1 Å². The van der Waals surface area contributed by atoms with Gasteiger partial charge in [-0.1, -0.05) is 59.7 Å². The molecule has 6 nitrogen and oxygen atoms in total. The highest BCUT2D eigenvalue weighted by Gasteiger charge is 2.45. The minimum Gasteiger partial charge on any atom is -0.450 e. The predicted octanol–water partition coefficient (Wildman–Crippen LogP) is 5.31. The van der Waals surface area contributed by atoms with Crippen LogP contribution >= 0.6 is 22.9 Å². The summed E-state index contributed by atoms with van der Waals surface area (Å²) in [6.45, 7) is 4.05. The molecule has 0 radical (unpaired) electrons. The van der Waals surface area contributed by atoms with Gasteiger partial charge in [0.1, 0.15) is 10.6 Å². The molecule has 2 aromatic carbocycles. The van der Waals surface area contributed by atoms with E-state index < -0.39 is 11.9 Å². The number of hydrogen-bond acceptors (Lipinski definition) is 6. The molecule has 3 heterocycles. The van der Waals surface area contributed by atoms with E-state index in [-0.39, 0.29) is 11.2 Å². The third-order valence-electron chi connectivity index (χ3n) is 5.35. The van der Waals surface area contributed by atoms with Crippen molar-refractivity contribution in [3.63, 3.8) is 0 Å². The third kappa shape index (κ3) is 3.25. The molecule has 0 bridgehead atoms. The number of benzene rings is 2. The number of nitrogens with zero attached hydrogens (tertiary/aromatic N) is 3. The number of rotatable bonds is 4. The quantitative estimate of drug-likeness (QED) is 0.420. The Labute approximate surface area is 187 Å². The maximum Gasteiger partial charge on any atom is 0.297 e. The number of hydrogen-bond donors (Lipinski definition) is 0. The average molecular weight is 452 g/mol. The molecule has 2 aromatic heterocycles. The van der Waals surface area contributed by atoms with Crippen molar-refractivity contribution in [3.8, 4) is 0 Å². The topological polar surface area (TPSA) is 76.3 Å². The summed E-state index contributed by atoms with van der Waals surface area (Å²) >= 11 is 7.48. The van der Waals surface area contributed by atoms with Crippen molar-refractivity contribution < 1.29 is 9.21 Å². The first kappa shape index (κ1) is 19.9. The third-order valence-corrected chi connectivity index (χ3v) is 6.57. The van der Waals surface area contributed by atoms with Crippen LogP contribution in [0.1, 0.15) is 51.6 Å². The second-order valence-corrected chi connectivity index (χ2v) is 9.01. The summed E-state index contributed by atoms with van der Waals surface area (Å²) in [4.78, 5) is 28.5. The molecule has 1 aliphatic heterocycles. The van der Waals surface area contributed by atoms with Gasteiger partial charge < -0.3 is 4.42 Å². The van der Waals surface area contributed by atoms with Crippen LogP contribution < -0.4 is 10.3 Å². The Morgan fingerprint density at radius 2 is 1.90 bits per heavy atom. The second-order valence-electron chi connectivity index (χ2n) is 7.53. The molecule has 4 aromatic rings. The van der Waals surface area contributed by atoms with Gasteiger partial charge >= 0.3 is 0 Å². The van der Waals surface area contributed by atoms with Gasteiger partial charge in [0.2, 0.25) is 10.9 Å². The lowest BCUT2D eigenvalue weighted by Gasteiger charge is -2.22. The van der Waals surface area contributed by atoms with Gasteiger partial charge in [-0.3, -0.25) is 14.5 Å². The molecule has 8 heteroatoms. The van der Waals surface area contributed by atoms with Crippen LogP contribution in [0.25, 0.3) is 11.0 Å². The largest absolute Gasteiger partial charge is 0.450 e. The summed E-state index contributed by atoms with van der Waals surface area (Å²) in [7, 11) is 0. The normalized spacial score (nSPS) is 15.6. The van der Waals surface area contributed by atoms with Gasteiger partial charge in [0.15, 0.2) is 5.43 Å². The number of carbonyl (C=O) groups excluding carboxylic acids is 1. The fourth-order valence-electron chi connectivity index (χ4n) is 3.86. The first-order valence-corrected chi connectivity index (χ1v) is 11.2. The zero-order valence-corrected chi connectivity index (χ0v) is 18.5. The van der Waals surface area contributed by atoms with Crippen LogP contribution in [0, 0.1) is 6.92 Å². The molecule has 1 atom stereocenters. The molecule has 0 saturated heterocycles. The Morgan fingerprint density at radius 3 is 2.65 bits per heavy atom. The van der Waals surface area contributed by atoms with E-state index >= 15 is 0 Å². The molecule has 5 rings (SSSR count). The zero-order chi connectivity index (χ0) is 21.7. The Hall–Kier alpha value is -3.03. The minimum absolute atomic E-state index is 0.0395. The number of aromatic nitrogens is 2. The summed E-state index contributed by atoms with van der Waals surface area (Å²) in [6, 6.07) is 11.9. The summed E-state index contributed by atoms with van der Waals surface area (Å²) in [5.41, 5.74) is 2.25. The monoisotopic (exact) mass is 451 g/mol. The van der Waals surface area contributed by atoms with E-state index in [0.717, 1.165) is 29.0 Å². The van der Waals surface area contributed by atoms with Crippen LogP contribution in [0.4, 0.5) is 5.13 Å². The zero-order valence-electron chi connectivity index (χ0n) is 16.9. The predicted molar refractivity (Wildman–Crippen MR) is 121 cm³/mol. The molecule has 0 spiro atoms. The van der Waals surface area contributed by atoms with Gasteiger partial charge in [0, 0.05) is 11.4 Å². The Bertz CT molecular complexity index is 1380. The van der Waals surface area contributed by atoms with Crippen LogP contribution in [0.2, 0.25) is 5.02 Å². The van der Waals surface area contributed by atoms with Gasteiger partial charge in [0.25, 0.3) is 5.91 Å². The Balaban J connectivity index is 1.77. The molecule has 0 fully saturated rings. The van der Waals surface area contributed by atoms with Crippen LogP contribution in [0.3, 0.4) is 0 Å². The number of carbonyl (C=O) groups is 1. The van der Waals surface area contributed by atoms with E-state index in [1.165, 1.54) is 16.2 Å². The van der Waals surface area contributed by atoms with Crippen LogP contribution in [-0.2, 0) is 6.42 Å². The van der Waals surface area contributed by atoms with E-state index in [0.29, 0.717) is 26.7 Å². The molecular formula is C23H18ClN3O3S. The van der Waals surface area contributed by atoms with E-state index in [4.69, 9.17) is 16.0 Å². The standard InChI is InChI=1S/C23H18ClN3O3S/c1-3-4-17-25-26-23(31-17)27-19(13-7-5-12(2)6-8-13)18-20(28)15-11-14(24)9-10-16(15)30-21(18)22(27)29/h5-11,19H,3-4H2,1-2H3. The number of amides is 1. The maximum atomic E-state index is 13.5. The lowest BCUT2D eigenvalue weighted by Crippen LogP contribution is -2.29. The van der Waals surface area contributed by atoms with Crippen molar-refractivity contribution in [2.45, 2.75) is 32.7 Å². The number of aryl methyl sites for hydroxylation is 2. The average Bonchev–Trinajstić information content (AvgIpc) is 3.32. The van der Waals surface area contributed by atoms with Gasteiger partial charge in [-0.25, -0.2) is 0 Å². The summed E-state index contributed by atoms with van der Waals surface area (Å²) in [6.07, 6.45) is 1.71. The highest BCUT2D eigenvalue weighted by molar-refractivity contribution is 7.15. The van der Waals surface area contributed by atoms with Crippen molar-refractivity contribution in [1.82, 2.24) is 10.2 Å². The van der Waals surface area contributed by atoms with Gasteiger partial charge in [-0.2, -0.15) is 0 Å². The van der Waals surface area contributed by atoms with Crippen molar-refractivity contribution in [3.05, 3.63) is 85.2 Å². The summed E-state index contributed by atoms with van der Waals surface area (Å²) in [5.74, 6) is -0.355. The van der Waals surface area contributed by atoms with Crippen molar-refractivity contribution in [2.75, 3.05) is 4.90 Å². The number of anilines is 1. The van der Waals surface area contributed by atoms with E-state index in [1.54, 1.807) is 18.2 Å². The van der Waals surface area contributed by atoms with Crippen LogP contribution in [0.5, 0.6) is 0 Å². The first-order valence-electron chi connectivity index (χ1n) is 9.96. The molecule has 0 N–H and O–H groups in total. The van der Waals surface area contributed by atoms with Gasteiger partial charge in [-0.05, 0) is 37.1 Å². The highest BCUT2D eigenvalue weighted by Crippen LogP contribution is 2.42. The SMILES string of the molecule is CCCc1nnc(N2C(=O)c3oc4ccc(Cl)cc4c(=O)c3C2c2ccc(C)cc2)s1. The molecule has 156 valence electrons. The lowest BCUT2D eigenvalue weighted by molar-refractivity contribution is 0.0970. The first-order chi connectivity index (χ1) is 15.0. The fraction of sp³-hybridized carbons (Fsp3) is 0.217. The number of halogens is 1. The Kier molecular flexibility index (Phi) is 4.87. The minimum atomic E-state index is -0.648. The number of fused-ring (bicyclic) bond motifs is 2. The van der Waals surface area contributed by atoms with E-state index in [9.17, 15) is 9.59 Å². The van der Waals surface area contributed by atoms with Crippen molar-refractivity contribution in [1.29, 1.82) is 0 Å². The van der Waals surface area contributed by atoms with Crippen molar-refractivity contribution in [2.24, 2.45) is 0 Å². The molecule has 0 aliphatic carbocycles. The highest BCUT2D eigenvalue weighted by atomic mass is 35.5. The lowest BCUT2D eigenvalue weighted by atomic mass is 9.98. The maximum absolute atomic E-state index is 13.5. The molecule has 1 unspecified atom stereocenters. The van der Waals surface area contributed by atoms with E-state index in [2.05, 4.69) is 17.1 Å². The molecule has 31 heavy (non-hydrogen) atoms. The summed E-state index contributed by atoms with van der Waals surface area (Å²) < 4.78 is 5.94. The molecule has 1 aliphatic rings.